The lowest BCUT2D eigenvalue weighted by Gasteiger charge is -2.15. The van der Waals surface area contributed by atoms with Crippen LogP contribution in [0.25, 0.3) is 0 Å². The van der Waals surface area contributed by atoms with Crippen molar-refractivity contribution in [2.75, 3.05) is 6.54 Å². The molecule has 4 heteroatoms. The molecule has 1 rings (SSSR count). The van der Waals surface area contributed by atoms with Crippen LogP contribution in [-0.2, 0) is 19.4 Å². The van der Waals surface area contributed by atoms with Crippen molar-refractivity contribution in [3.05, 3.63) is 11.6 Å². The molecule has 0 aliphatic carbocycles. The highest BCUT2D eigenvalue weighted by molar-refractivity contribution is 4.92. The second-order valence-electron chi connectivity index (χ2n) is 5.00. The fraction of sp³-hybridized carbons (Fsp3) is 0.846. The number of hydrogen-bond donors (Lipinski definition) is 1. The molecule has 1 atom stereocenters. The molecule has 4 nitrogen and oxygen atoms in total. The van der Waals surface area contributed by atoms with Gasteiger partial charge in [0.1, 0.15) is 5.82 Å². The molecular formula is C13H26N4. The van der Waals surface area contributed by atoms with Gasteiger partial charge in [0.2, 0.25) is 0 Å². The van der Waals surface area contributed by atoms with Gasteiger partial charge in [-0.25, -0.2) is 9.67 Å². The van der Waals surface area contributed by atoms with Crippen LogP contribution in [0.4, 0.5) is 0 Å². The Balaban J connectivity index is 2.57. The first-order chi connectivity index (χ1) is 8.06. The highest BCUT2D eigenvalue weighted by Crippen LogP contribution is 2.05. The highest BCUT2D eigenvalue weighted by Gasteiger charge is 2.10. The summed E-state index contributed by atoms with van der Waals surface area (Å²) in [7, 11) is 0. The third-order valence-electron chi connectivity index (χ3n) is 2.78. The predicted molar refractivity (Wildman–Crippen MR) is 71.1 cm³/mol. The van der Waals surface area contributed by atoms with E-state index < -0.39 is 0 Å². The van der Waals surface area contributed by atoms with Crippen LogP contribution in [0.2, 0.25) is 0 Å². The van der Waals surface area contributed by atoms with Gasteiger partial charge in [-0.15, -0.1) is 0 Å². The predicted octanol–water partition coefficient (Wildman–Crippen LogP) is 2.04. The second kappa shape index (κ2) is 6.74. The Bertz CT molecular complexity index is 330. The number of aryl methyl sites for hydroxylation is 2. The van der Waals surface area contributed by atoms with E-state index in [1.54, 1.807) is 0 Å². The minimum Gasteiger partial charge on any atom is -0.314 e. The van der Waals surface area contributed by atoms with E-state index in [1.165, 1.54) is 0 Å². The molecule has 0 aliphatic heterocycles. The maximum Gasteiger partial charge on any atom is 0.150 e. The van der Waals surface area contributed by atoms with Crippen LogP contribution in [0.5, 0.6) is 0 Å². The monoisotopic (exact) mass is 238 g/mol. The zero-order chi connectivity index (χ0) is 12.8. The van der Waals surface area contributed by atoms with Gasteiger partial charge in [0.05, 0.1) is 0 Å². The summed E-state index contributed by atoms with van der Waals surface area (Å²) in [6.45, 7) is 12.8. The van der Waals surface area contributed by atoms with Crippen LogP contribution in [-0.4, -0.2) is 27.4 Å². The molecule has 0 saturated carbocycles. The van der Waals surface area contributed by atoms with E-state index in [1.807, 2.05) is 0 Å². The molecule has 0 radical (unpaired) electrons. The van der Waals surface area contributed by atoms with Gasteiger partial charge in [0.25, 0.3) is 0 Å². The van der Waals surface area contributed by atoms with Crippen LogP contribution >= 0.6 is 0 Å². The first kappa shape index (κ1) is 14.2. The smallest absolute Gasteiger partial charge is 0.150 e. The van der Waals surface area contributed by atoms with E-state index in [9.17, 15) is 0 Å². The van der Waals surface area contributed by atoms with E-state index in [4.69, 9.17) is 0 Å². The fourth-order valence-corrected chi connectivity index (χ4v) is 1.78. The summed E-state index contributed by atoms with van der Waals surface area (Å²) in [5.74, 6) is 2.65. The van der Waals surface area contributed by atoms with Gasteiger partial charge in [-0.2, -0.15) is 5.10 Å². The Morgan fingerprint density at radius 3 is 2.41 bits per heavy atom. The van der Waals surface area contributed by atoms with Crippen molar-refractivity contribution < 1.29 is 0 Å². The third-order valence-corrected chi connectivity index (χ3v) is 2.78. The second-order valence-corrected chi connectivity index (χ2v) is 5.00. The topological polar surface area (TPSA) is 42.7 Å². The van der Waals surface area contributed by atoms with Crippen molar-refractivity contribution in [3.8, 4) is 0 Å². The number of rotatable bonds is 7. The van der Waals surface area contributed by atoms with Crippen molar-refractivity contribution >= 4 is 0 Å². The van der Waals surface area contributed by atoms with Crippen molar-refractivity contribution in [3.63, 3.8) is 0 Å². The molecule has 0 amide bonds. The first-order valence-corrected chi connectivity index (χ1v) is 6.72. The molecular weight excluding hydrogens is 212 g/mol. The van der Waals surface area contributed by atoms with E-state index in [0.717, 1.165) is 37.6 Å². The summed E-state index contributed by atoms with van der Waals surface area (Å²) >= 11 is 0. The average Bonchev–Trinajstić information content (AvgIpc) is 2.68. The highest BCUT2D eigenvalue weighted by atomic mass is 15.3. The van der Waals surface area contributed by atoms with Crippen LogP contribution < -0.4 is 5.32 Å². The molecule has 1 aromatic rings. The minimum atomic E-state index is 0.546. The zero-order valence-electron chi connectivity index (χ0n) is 11.8. The maximum atomic E-state index is 4.54. The van der Waals surface area contributed by atoms with E-state index in [2.05, 4.69) is 54.7 Å². The molecule has 0 saturated heterocycles. The SMILES string of the molecule is CCc1nc(CC)n(CC(C)CNC(C)C)n1. The van der Waals surface area contributed by atoms with Crippen molar-refractivity contribution in [1.82, 2.24) is 20.1 Å². The maximum absolute atomic E-state index is 4.54. The van der Waals surface area contributed by atoms with Crippen molar-refractivity contribution in [2.45, 2.75) is 60.0 Å². The summed E-state index contributed by atoms with van der Waals surface area (Å²) in [4.78, 5) is 4.53. The Morgan fingerprint density at radius 1 is 1.18 bits per heavy atom. The molecule has 0 bridgehead atoms. The fourth-order valence-electron chi connectivity index (χ4n) is 1.78. The molecule has 1 N–H and O–H groups in total. The molecule has 1 heterocycles. The Hall–Kier alpha value is -0.900. The van der Waals surface area contributed by atoms with Gasteiger partial charge in [0.15, 0.2) is 5.82 Å². The lowest BCUT2D eigenvalue weighted by molar-refractivity contribution is 0.398. The molecule has 17 heavy (non-hydrogen) atoms. The molecule has 0 aliphatic rings. The average molecular weight is 238 g/mol. The van der Waals surface area contributed by atoms with Crippen LogP contribution in [0.15, 0.2) is 0 Å². The van der Waals surface area contributed by atoms with Crippen LogP contribution in [0, 0.1) is 5.92 Å². The third kappa shape index (κ3) is 4.46. The van der Waals surface area contributed by atoms with Gasteiger partial charge in [0, 0.05) is 25.4 Å². The van der Waals surface area contributed by atoms with Crippen molar-refractivity contribution in [1.29, 1.82) is 0 Å². The van der Waals surface area contributed by atoms with E-state index in [0.29, 0.717) is 12.0 Å². The number of nitrogens with one attached hydrogen (secondary N) is 1. The molecule has 0 fully saturated rings. The summed E-state index contributed by atoms with van der Waals surface area (Å²) in [6.07, 6.45) is 1.87. The zero-order valence-corrected chi connectivity index (χ0v) is 11.8. The van der Waals surface area contributed by atoms with Gasteiger partial charge in [-0.3, -0.25) is 0 Å². The van der Waals surface area contributed by atoms with Gasteiger partial charge in [-0.1, -0.05) is 34.6 Å². The lowest BCUT2D eigenvalue weighted by atomic mass is 10.1. The molecule has 1 unspecified atom stereocenters. The van der Waals surface area contributed by atoms with Gasteiger partial charge < -0.3 is 5.32 Å². The van der Waals surface area contributed by atoms with E-state index in [-0.39, 0.29) is 0 Å². The summed E-state index contributed by atoms with van der Waals surface area (Å²) in [5.41, 5.74) is 0. The van der Waals surface area contributed by atoms with Gasteiger partial charge in [-0.05, 0) is 12.5 Å². The molecule has 0 aromatic carbocycles. The van der Waals surface area contributed by atoms with E-state index >= 15 is 0 Å². The molecule has 1 aromatic heterocycles. The Kier molecular flexibility index (Phi) is 5.62. The normalized spacial score (nSPS) is 13.3. The minimum absolute atomic E-state index is 0.546. The lowest BCUT2D eigenvalue weighted by Crippen LogP contribution is -2.30. The summed E-state index contributed by atoms with van der Waals surface area (Å²) in [5, 5.41) is 8.01. The standard InChI is InChI=1S/C13H26N4/c1-6-12-15-13(7-2)17(16-12)9-11(5)8-14-10(3)4/h10-11,14H,6-9H2,1-5H3. The number of hydrogen-bond acceptors (Lipinski definition) is 3. The number of aromatic nitrogens is 3. The largest absolute Gasteiger partial charge is 0.314 e. The van der Waals surface area contributed by atoms with Crippen LogP contribution in [0.1, 0.15) is 46.3 Å². The number of nitrogens with zero attached hydrogens (tertiary/aromatic N) is 3. The molecule has 0 spiro atoms. The summed E-state index contributed by atoms with van der Waals surface area (Å²) < 4.78 is 2.07. The van der Waals surface area contributed by atoms with Gasteiger partial charge >= 0.3 is 0 Å². The summed E-state index contributed by atoms with van der Waals surface area (Å²) in [6, 6.07) is 0.546. The Morgan fingerprint density at radius 2 is 1.88 bits per heavy atom. The quantitative estimate of drug-likeness (QED) is 0.790. The molecule has 98 valence electrons. The van der Waals surface area contributed by atoms with Crippen LogP contribution in [0.3, 0.4) is 0 Å². The van der Waals surface area contributed by atoms with Crippen molar-refractivity contribution in [2.24, 2.45) is 5.92 Å². The Labute approximate surface area is 105 Å². The first-order valence-electron chi connectivity index (χ1n) is 6.72.